The summed E-state index contributed by atoms with van der Waals surface area (Å²) >= 11 is 0. The van der Waals surface area contributed by atoms with Gasteiger partial charge in [-0.3, -0.25) is 0 Å². The van der Waals surface area contributed by atoms with Gasteiger partial charge >= 0.3 is 0 Å². The number of allylic oxidation sites excluding steroid dienone is 1. The Labute approximate surface area is 78.6 Å². The van der Waals surface area contributed by atoms with Gasteiger partial charge < -0.3 is 15.6 Å². The van der Waals surface area contributed by atoms with Gasteiger partial charge in [0.05, 0.1) is 6.61 Å². The third-order valence-electron chi connectivity index (χ3n) is 2.93. The molecule has 2 aliphatic rings. The quantitative estimate of drug-likeness (QED) is 0.680. The Morgan fingerprint density at radius 3 is 2.85 bits per heavy atom. The summed E-state index contributed by atoms with van der Waals surface area (Å²) in [7, 11) is 0. The molecule has 0 spiro atoms. The lowest BCUT2D eigenvalue weighted by Crippen LogP contribution is -2.43. The Morgan fingerprint density at radius 1 is 1.62 bits per heavy atom. The van der Waals surface area contributed by atoms with Crippen molar-refractivity contribution < 1.29 is 9.84 Å². The van der Waals surface area contributed by atoms with E-state index in [1.807, 2.05) is 6.08 Å². The van der Waals surface area contributed by atoms with E-state index in [1.165, 1.54) is 0 Å². The molecule has 0 aromatic heterocycles. The molecule has 0 amide bonds. The first kappa shape index (κ1) is 9.03. The summed E-state index contributed by atoms with van der Waals surface area (Å²) < 4.78 is 5.47. The number of hydrogen-bond acceptors (Lipinski definition) is 3. The third-order valence-corrected chi connectivity index (χ3v) is 2.93. The molecule has 13 heavy (non-hydrogen) atoms. The number of rotatable bonds is 3. The number of hydrogen-bond donors (Lipinski definition) is 2. The summed E-state index contributed by atoms with van der Waals surface area (Å²) in [4.78, 5) is 0. The molecular weight excluding hydrogens is 166 g/mol. The van der Waals surface area contributed by atoms with Crippen LogP contribution in [0.15, 0.2) is 11.8 Å². The molecule has 3 nitrogen and oxygen atoms in total. The van der Waals surface area contributed by atoms with Crippen LogP contribution in [0.4, 0.5) is 0 Å². The van der Waals surface area contributed by atoms with Gasteiger partial charge in [-0.05, 0) is 37.7 Å². The molecule has 0 bridgehead atoms. The predicted octanol–water partition coefficient (Wildman–Crippen LogP) is 0.780. The first-order chi connectivity index (χ1) is 6.27. The standard InChI is InChI=1S/C10H17NO2/c11-7-10(12,8-4-5-8)9-3-1-2-6-13-9/h3,8,12H,1-2,4-7,11H2. The van der Waals surface area contributed by atoms with Gasteiger partial charge in [-0.25, -0.2) is 0 Å². The van der Waals surface area contributed by atoms with E-state index in [9.17, 15) is 5.11 Å². The van der Waals surface area contributed by atoms with E-state index >= 15 is 0 Å². The van der Waals surface area contributed by atoms with Crippen LogP contribution in [0.2, 0.25) is 0 Å². The van der Waals surface area contributed by atoms with Gasteiger partial charge in [0, 0.05) is 6.54 Å². The largest absolute Gasteiger partial charge is 0.495 e. The second-order valence-electron chi connectivity index (χ2n) is 3.96. The van der Waals surface area contributed by atoms with E-state index in [0.717, 1.165) is 38.0 Å². The van der Waals surface area contributed by atoms with Gasteiger partial charge in [0.1, 0.15) is 11.4 Å². The Balaban J connectivity index is 2.13. The van der Waals surface area contributed by atoms with E-state index in [-0.39, 0.29) is 6.54 Å². The lowest BCUT2D eigenvalue weighted by molar-refractivity contribution is -0.00582. The zero-order valence-corrected chi connectivity index (χ0v) is 7.83. The normalized spacial score (nSPS) is 27.4. The molecular formula is C10H17NO2. The minimum absolute atomic E-state index is 0.281. The van der Waals surface area contributed by atoms with Gasteiger partial charge in [0.15, 0.2) is 0 Å². The van der Waals surface area contributed by atoms with Crippen LogP contribution in [-0.4, -0.2) is 23.9 Å². The van der Waals surface area contributed by atoms with E-state index in [0.29, 0.717) is 5.92 Å². The zero-order chi connectivity index (χ0) is 9.31. The van der Waals surface area contributed by atoms with E-state index < -0.39 is 5.60 Å². The number of nitrogens with two attached hydrogens (primary N) is 1. The fraction of sp³-hybridized carbons (Fsp3) is 0.800. The maximum atomic E-state index is 10.3. The second kappa shape index (κ2) is 3.31. The molecule has 0 saturated heterocycles. The van der Waals surface area contributed by atoms with Crippen molar-refractivity contribution in [1.29, 1.82) is 0 Å². The van der Waals surface area contributed by atoms with Gasteiger partial charge in [0.2, 0.25) is 0 Å². The van der Waals surface area contributed by atoms with Crippen LogP contribution < -0.4 is 5.73 Å². The molecule has 1 atom stereocenters. The smallest absolute Gasteiger partial charge is 0.136 e. The van der Waals surface area contributed by atoms with Crippen molar-refractivity contribution in [1.82, 2.24) is 0 Å². The summed E-state index contributed by atoms with van der Waals surface area (Å²) in [6.45, 7) is 1.00. The summed E-state index contributed by atoms with van der Waals surface area (Å²) in [5.74, 6) is 1.06. The van der Waals surface area contributed by atoms with Crippen molar-refractivity contribution in [3.63, 3.8) is 0 Å². The van der Waals surface area contributed by atoms with Crippen molar-refractivity contribution in [3.05, 3.63) is 11.8 Å². The molecule has 3 N–H and O–H groups in total. The van der Waals surface area contributed by atoms with Crippen molar-refractivity contribution in [2.24, 2.45) is 11.7 Å². The topological polar surface area (TPSA) is 55.5 Å². The van der Waals surface area contributed by atoms with E-state index in [2.05, 4.69) is 0 Å². The van der Waals surface area contributed by atoms with E-state index in [1.54, 1.807) is 0 Å². The first-order valence-corrected chi connectivity index (χ1v) is 5.03. The highest BCUT2D eigenvalue weighted by molar-refractivity contribution is 5.17. The Kier molecular flexibility index (Phi) is 2.30. The van der Waals surface area contributed by atoms with Crippen molar-refractivity contribution >= 4 is 0 Å². The highest BCUT2D eigenvalue weighted by Crippen LogP contribution is 2.44. The van der Waals surface area contributed by atoms with Crippen LogP contribution in [0.1, 0.15) is 25.7 Å². The summed E-state index contributed by atoms with van der Waals surface area (Å²) in [6, 6.07) is 0. The number of aliphatic hydroxyl groups is 1. The second-order valence-corrected chi connectivity index (χ2v) is 3.96. The maximum Gasteiger partial charge on any atom is 0.136 e. The third kappa shape index (κ3) is 1.58. The highest BCUT2D eigenvalue weighted by atomic mass is 16.5. The minimum atomic E-state index is -0.861. The molecule has 0 radical (unpaired) electrons. The van der Waals surface area contributed by atoms with Crippen LogP contribution in [0.3, 0.4) is 0 Å². The molecule has 3 heteroatoms. The predicted molar refractivity (Wildman–Crippen MR) is 50.0 cm³/mol. The van der Waals surface area contributed by atoms with Crippen LogP contribution in [-0.2, 0) is 4.74 Å². The highest BCUT2D eigenvalue weighted by Gasteiger charge is 2.47. The Morgan fingerprint density at radius 2 is 2.38 bits per heavy atom. The maximum absolute atomic E-state index is 10.3. The number of ether oxygens (including phenoxy) is 1. The fourth-order valence-electron chi connectivity index (χ4n) is 1.89. The fourth-order valence-corrected chi connectivity index (χ4v) is 1.89. The molecule has 1 unspecified atom stereocenters. The molecule has 2 rings (SSSR count). The lowest BCUT2D eigenvalue weighted by atomic mass is 9.93. The van der Waals surface area contributed by atoms with Crippen molar-refractivity contribution in [2.75, 3.05) is 13.2 Å². The molecule has 1 saturated carbocycles. The van der Waals surface area contributed by atoms with Gasteiger partial charge in [0.25, 0.3) is 0 Å². The average Bonchev–Trinajstić information content (AvgIpc) is 3.02. The first-order valence-electron chi connectivity index (χ1n) is 5.03. The van der Waals surface area contributed by atoms with Gasteiger partial charge in [-0.15, -0.1) is 0 Å². The SMILES string of the molecule is NCC(O)(C1=CCCCO1)C1CC1. The van der Waals surface area contributed by atoms with Crippen LogP contribution in [0.5, 0.6) is 0 Å². The molecule has 74 valence electrons. The molecule has 0 aromatic rings. The van der Waals surface area contributed by atoms with Gasteiger partial charge in [-0.1, -0.05) is 0 Å². The van der Waals surface area contributed by atoms with Crippen LogP contribution in [0.25, 0.3) is 0 Å². The minimum Gasteiger partial charge on any atom is -0.495 e. The molecule has 1 aliphatic carbocycles. The summed E-state index contributed by atoms with van der Waals surface area (Å²) in [5.41, 5.74) is 4.75. The molecule has 0 aromatic carbocycles. The average molecular weight is 183 g/mol. The molecule has 1 fully saturated rings. The Hall–Kier alpha value is -0.540. The summed E-state index contributed by atoms with van der Waals surface area (Å²) in [6.07, 6.45) is 6.21. The van der Waals surface area contributed by atoms with Crippen LogP contribution in [0, 0.1) is 5.92 Å². The van der Waals surface area contributed by atoms with Crippen LogP contribution >= 0.6 is 0 Å². The Bertz CT molecular complexity index is 223. The van der Waals surface area contributed by atoms with E-state index in [4.69, 9.17) is 10.5 Å². The molecule has 1 heterocycles. The molecule has 1 aliphatic heterocycles. The summed E-state index contributed by atoms with van der Waals surface area (Å²) in [5, 5.41) is 10.3. The van der Waals surface area contributed by atoms with Crippen molar-refractivity contribution in [2.45, 2.75) is 31.3 Å². The van der Waals surface area contributed by atoms with Gasteiger partial charge in [-0.2, -0.15) is 0 Å². The lowest BCUT2D eigenvalue weighted by Gasteiger charge is -2.31. The zero-order valence-electron chi connectivity index (χ0n) is 7.83. The van der Waals surface area contributed by atoms with Crippen molar-refractivity contribution in [3.8, 4) is 0 Å². The monoisotopic (exact) mass is 183 g/mol.